The van der Waals surface area contributed by atoms with E-state index in [2.05, 4.69) is 21.8 Å². The monoisotopic (exact) mass is 328 g/mol. The Labute approximate surface area is 139 Å². The van der Waals surface area contributed by atoms with Gasteiger partial charge in [-0.3, -0.25) is 4.79 Å². The number of nitrogens with zero attached hydrogens (tertiary/aromatic N) is 3. The predicted octanol–water partition coefficient (Wildman–Crippen LogP) is 1.08. The topological polar surface area (TPSA) is 76.5 Å². The van der Waals surface area contributed by atoms with Gasteiger partial charge in [-0.25, -0.2) is 9.78 Å². The SMILES string of the molecule is C=Cn1cc(C(=O)OCC)c(=O)c2ccc(N3CCNCC3)nc21. The normalized spacial score (nSPS) is 14.6. The first kappa shape index (κ1) is 16.2. The molecule has 7 nitrogen and oxygen atoms in total. The molecule has 126 valence electrons. The van der Waals surface area contributed by atoms with Crippen LogP contribution < -0.4 is 15.6 Å². The molecule has 0 radical (unpaired) electrons. The summed E-state index contributed by atoms with van der Waals surface area (Å²) in [5.41, 5.74) is 0.0981. The van der Waals surface area contributed by atoms with Gasteiger partial charge in [0.25, 0.3) is 0 Å². The van der Waals surface area contributed by atoms with E-state index in [9.17, 15) is 9.59 Å². The number of nitrogens with one attached hydrogen (secondary N) is 1. The summed E-state index contributed by atoms with van der Waals surface area (Å²) < 4.78 is 6.55. The smallest absolute Gasteiger partial charge is 0.343 e. The lowest BCUT2D eigenvalue weighted by atomic mass is 10.2. The van der Waals surface area contributed by atoms with E-state index in [0.29, 0.717) is 11.0 Å². The molecule has 1 aliphatic rings. The zero-order valence-corrected chi connectivity index (χ0v) is 13.6. The summed E-state index contributed by atoms with van der Waals surface area (Å²) in [5, 5.41) is 3.67. The maximum Gasteiger partial charge on any atom is 0.343 e. The second-order valence-electron chi connectivity index (χ2n) is 5.46. The van der Waals surface area contributed by atoms with Crippen LogP contribution in [0.15, 0.2) is 29.7 Å². The highest BCUT2D eigenvalue weighted by atomic mass is 16.5. The number of aromatic nitrogens is 2. The lowest BCUT2D eigenvalue weighted by Crippen LogP contribution is -2.43. The molecule has 0 unspecified atom stereocenters. The number of hydrogen-bond donors (Lipinski definition) is 1. The van der Waals surface area contributed by atoms with Crippen molar-refractivity contribution < 1.29 is 9.53 Å². The fourth-order valence-electron chi connectivity index (χ4n) is 2.78. The zero-order valence-electron chi connectivity index (χ0n) is 13.6. The second kappa shape index (κ2) is 6.84. The number of rotatable bonds is 4. The number of piperazine rings is 1. The summed E-state index contributed by atoms with van der Waals surface area (Å²) >= 11 is 0. The van der Waals surface area contributed by atoms with Gasteiger partial charge in [-0.2, -0.15) is 0 Å². The van der Waals surface area contributed by atoms with E-state index in [4.69, 9.17) is 4.74 Å². The Morgan fingerprint density at radius 2 is 2.17 bits per heavy atom. The van der Waals surface area contributed by atoms with Gasteiger partial charge in [0.1, 0.15) is 17.0 Å². The Morgan fingerprint density at radius 3 is 2.83 bits per heavy atom. The molecule has 1 saturated heterocycles. The molecule has 0 saturated carbocycles. The third-order valence-electron chi connectivity index (χ3n) is 4.00. The molecule has 0 atom stereocenters. The van der Waals surface area contributed by atoms with Crippen molar-refractivity contribution in [3.63, 3.8) is 0 Å². The third-order valence-corrected chi connectivity index (χ3v) is 4.00. The Hall–Kier alpha value is -2.67. The fraction of sp³-hybridized carbons (Fsp3) is 0.353. The fourth-order valence-corrected chi connectivity index (χ4v) is 2.78. The van der Waals surface area contributed by atoms with E-state index in [1.165, 1.54) is 12.4 Å². The average Bonchev–Trinajstić information content (AvgIpc) is 2.62. The van der Waals surface area contributed by atoms with E-state index in [1.54, 1.807) is 17.6 Å². The summed E-state index contributed by atoms with van der Waals surface area (Å²) in [6.07, 6.45) is 2.96. The van der Waals surface area contributed by atoms with Gasteiger partial charge in [0, 0.05) is 38.6 Å². The highest BCUT2D eigenvalue weighted by Crippen LogP contribution is 2.18. The number of ether oxygens (including phenoxy) is 1. The van der Waals surface area contributed by atoms with E-state index in [0.717, 1.165) is 32.0 Å². The average molecular weight is 328 g/mol. The minimum Gasteiger partial charge on any atom is -0.462 e. The molecule has 3 rings (SSSR count). The standard InChI is InChI=1S/C17H20N4O3/c1-3-20-11-13(17(23)24-4-2)15(22)12-5-6-14(19-16(12)20)21-9-7-18-8-10-21/h3,5-6,11,18H,1,4,7-10H2,2H3. The van der Waals surface area contributed by atoms with Crippen molar-refractivity contribution in [1.29, 1.82) is 0 Å². The molecule has 2 aromatic heterocycles. The first-order valence-electron chi connectivity index (χ1n) is 7.97. The van der Waals surface area contributed by atoms with Crippen LogP contribution in [0.5, 0.6) is 0 Å². The minimum absolute atomic E-state index is 0.0130. The summed E-state index contributed by atoms with van der Waals surface area (Å²) in [6, 6.07) is 3.53. The number of anilines is 1. The number of fused-ring (bicyclic) bond motifs is 1. The van der Waals surface area contributed by atoms with Gasteiger partial charge in [0.15, 0.2) is 0 Å². The van der Waals surface area contributed by atoms with Crippen LogP contribution in [0.4, 0.5) is 5.82 Å². The summed E-state index contributed by atoms with van der Waals surface area (Å²) in [5.74, 6) is 0.175. The second-order valence-corrected chi connectivity index (χ2v) is 5.46. The van der Waals surface area contributed by atoms with E-state index in [1.807, 2.05) is 6.07 Å². The maximum absolute atomic E-state index is 12.6. The van der Waals surface area contributed by atoms with Crippen LogP contribution in [0.3, 0.4) is 0 Å². The van der Waals surface area contributed by atoms with Crippen molar-refractivity contribution >= 4 is 29.0 Å². The predicted molar refractivity (Wildman–Crippen MR) is 93.4 cm³/mol. The van der Waals surface area contributed by atoms with Crippen LogP contribution in [-0.4, -0.2) is 48.3 Å². The molecular weight excluding hydrogens is 308 g/mol. The molecule has 0 bridgehead atoms. The van der Waals surface area contributed by atoms with Crippen LogP contribution in [0.25, 0.3) is 17.2 Å². The zero-order chi connectivity index (χ0) is 17.1. The van der Waals surface area contributed by atoms with E-state index < -0.39 is 5.97 Å². The van der Waals surface area contributed by atoms with Crippen molar-refractivity contribution in [2.75, 3.05) is 37.7 Å². The van der Waals surface area contributed by atoms with E-state index >= 15 is 0 Å². The van der Waals surface area contributed by atoms with Crippen LogP contribution in [0, 0.1) is 0 Å². The largest absolute Gasteiger partial charge is 0.462 e. The summed E-state index contributed by atoms with van der Waals surface area (Å²) in [6.45, 7) is 9.17. The van der Waals surface area contributed by atoms with Gasteiger partial charge >= 0.3 is 5.97 Å². The third kappa shape index (κ3) is 2.90. The minimum atomic E-state index is -0.633. The molecule has 0 spiro atoms. The Balaban J connectivity index is 2.12. The van der Waals surface area contributed by atoms with Crippen LogP contribution >= 0.6 is 0 Å². The number of carbonyl (C=O) groups is 1. The molecule has 3 heterocycles. The van der Waals surface area contributed by atoms with Gasteiger partial charge in [-0.15, -0.1) is 0 Å². The molecule has 0 aromatic carbocycles. The van der Waals surface area contributed by atoms with Crippen molar-refractivity contribution in [2.45, 2.75) is 6.92 Å². The van der Waals surface area contributed by atoms with E-state index in [-0.39, 0.29) is 17.6 Å². The van der Waals surface area contributed by atoms with Gasteiger partial charge < -0.3 is 19.5 Å². The molecule has 1 aliphatic heterocycles. The first-order valence-corrected chi connectivity index (χ1v) is 7.97. The lowest BCUT2D eigenvalue weighted by molar-refractivity contribution is 0.0524. The summed E-state index contributed by atoms with van der Waals surface area (Å²) in [7, 11) is 0. The van der Waals surface area contributed by atoms with Gasteiger partial charge in [-0.05, 0) is 19.1 Å². The Kier molecular flexibility index (Phi) is 4.61. The van der Waals surface area contributed by atoms with Gasteiger partial charge in [0.05, 0.1) is 12.0 Å². The molecule has 1 fully saturated rings. The van der Waals surface area contributed by atoms with Crippen molar-refractivity contribution in [1.82, 2.24) is 14.9 Å². The highest BCUT2D eigenvalue weighted by molar-refractivity contribution is 5.93. The molecule has 7 heteroatoms. The number of hydrogen-bond acceptors (Lipinski definition) is 6. The Morgan fingerprint density at radius 1 is 1.42 bits per heavy atom. The highest BCUT2D eigenvalue weighted by Gasteiger charge is 2.18. The van der Waals surface area contributed by atoms with Gasteiger partial charge in [0.2, 0.25) is 5.43 Å². The molecule has 24 heavy (non-hydrogen) atoms. The maximum atomic E-state index is 12.6. The summed E-state index contributed by atoms with van der Waals surface area (Å²) in [4.78, 5) is 31.3. The first-order chi connectivity index (χ1) is 11.7. The molecule has 0 aliphatic carbocycles. The van der Waals surface area contributed by atoms with Crippen LogP contribution in [0.2, 0.25) is 0 Å². The number of carbonyl (C=O) groups excluding carboxylic acids is 1. The molecule has 1 N–H and O–H groups in total. The quantitative estimate of drug-likeness (QED) is 0.847. The van der Waals surface area contributed by atoms with Crippen molar-refractivity contribution in [2.24, 2.45) is 0 Å². The number of pyridine rings is 2. The molecule has 0 amide bonds. The van der Waals surface area contributed by atoms with Crippen molar-refractivity contribution in [3.8, 4) is 0 Å². The number of esters is 1. The molecular formula is C17H20N4O3. The lowest BCUT2D eigenvalue weighted by Gasteiger charge is -2.28. The van der Waals surface area contributed by atoms with Crippen LogP contribution in [-0.2, 0) is 4.74 Å². The molecule has 2 aromatic rings. The van der Waals surface area contributed by atoms with Crippen molar-refractivity contribution in [3.05, 3.63) is 40.7 Å². The van der Waals surface area contributed by atoms with Gasteiger partial charge in [-0.1, -0.05) is 6.58 Å². The van der Waals surface area contributed by atoms with Crippen LogP contribution in [0.1, 0.15) is 17.3 Å². The Bertz CT molecular complexity index is 838.